The fourth-order valence-corrected chi connectivity index (χ4v) is 1.82. The molecule has 1 amide bonds. The fraction of sp³-hybridized carbons (Fsp3) is 0.100. The molecule has 0 radical (unpaired) electrons. The van der Waals surface area contributed by atoms with Gasteiger partial charge in [0.15, 0.2) is 11.4 Å². The summed E-state index contributed by atoms with van der Waals surface area (Å²) in [4.78, 5) is 15.1. The van der Waals surface area contributed by atoms with Crippen LogP contribution in [-0.2, 0) is 0 Å². The van der Waals surface area contributed by atoms with E-state index in [1.165, 1.54) is 24.8 Å². The lowest BCUT2D eigenvalue weighted by molar-refractivity contribution is 0.0992. The Balaban J connectivity index is 2.40. The monoisotopic (exact) mass is 250 g/mol. The largest absolute Gasteiger partial charge is 0.492 e. The molecule has 0 aliphatic carbocycles. The van der Waals surface area contributed by atoms with Crippen LogP contribution in [0, 0.1) is 0 Å². The van der Waals surface area contributed by atoms with E-state index in [1.54, 1.807) is 12.3 Å². The number of carbonyl (C=O) groups excluding carboxylic acids is 1. The summed E-state index contributed by atoms with van der Waals surface area (Å²) in [7, 11) is 1.46. The molecule has 0 bridgehead atoms. The van der Waals surface area contributed by atoms with Gasteiger partial charge in [0.1, 0.15) is 0 Å². The van der Waals surface area contributed by atoms with Crippen molar-refractivity contribution in [2.24, 2.45) is 5.73 Å². The maximum absolute atomic E-state index is 11.2. The van der Waals surface area contributed by atoms with Crippen LogP contribution in [0.2, 0.25) is 0 Å². The van der Waals surface area contributed by atoms with Crippen molar-refractivity contribution in [2.75, 3.05) is 12.4 Å². The molecule has 0 aliphatic heterocycles. The first kappa shape index (κ1) is 11.3. The number of nitrogens with one attached hydrogen (secondary N) is 1. The molecule has 0 spiro atoms. The second-order valence-electron chi connectivity index (χ2n) is 3.14. The van der Waals surface area contributed by atoms with Crippen molar-refractivity contribution in [3.8, 4) is 5.75 Å². The first-order valence-corrected chi connectivity index (χ1v) is 5.55. The maximum Gasteiger partial charge on any atom is 0.271 e. The summed E-state index contributed by atoms with van der Waals surface area (Å²) in [5.74, 6) is -0.305. The van der Waals surface area contributed by atoms with Crippen molar-refractivity contribution in [3.63, 3.8) is 0 Å². The van der Waals surface area contributed by atoms with E-state index in [9.17, 15) is 4.79 Å². The molecule has 88 valence electrons. The van der Waals surface area contributed by atoms with Crippen LogP contribution >= 0.6 is 11.5 Å². The Morgan fingerprint density at radius 1 is 1.59 bits per heavy atom. The number of amides is 1. The topological polar surface area (TPSA) is 90.1 Å². The van der Waals surface area contributed by atoms with Crippen LogP contribution in [0.15, 0.2) is 23.8 Å². The van der Waals surface area contributed by atoms with E-state index in [1.807, 2.05) is 5.38 Å². The van der Waals surface area contributed by atoms with Gasteiger partial charge in [-0.05, 0) is 17.6 Å². The Bertz CT molecular complexity index is 527. The van der Waals surface area contributed by atoms with Gasteiger partial charge in [0, 0.05) is 11.6 Å². The van der Waals surface area contributed by atoms with Crippen molar-refractivity contribution < 1.29 is 9.53 Å². The second-order valence-corrected chi connectivity index (χ2v) is 3.80. The summed E-state index contributed by atoms with van der Waals surface area (Å²) in [5, 5.41) is 4.91. The Hall–Kier alpha value is -2.15. The molecule has 0 aliphatic rings. The second kappa shape index (κ2) is 4.79. The highest BCUT2D eigenvalue weighted by molar-refractivity contribution is 7.04. The lowest BCUT2D eigenvalue weighted by atomic mass is 10.2. The number of hydrogen-bond donors (Lipinski definition) is 2. The van der Waals surface area contributed by atoms with Crippen LogP contribution in [0.25, 0.3) is 0 Å². The molecule has 7 heteroatoms. The van der Waals surface area contributed by atoms with E-state index in [-0.39, 0.29) is 5.69 Å². The zero-order chi connectivity index (χ0) is 12.3. The maximum atomic E-state index is 11.2. The minimum Gasteiger partial charge on any atom is -0.492 e. The van der Waals surface area contributed by atoms with Gasteiger partial charge in [-0.15, -0.1) is 0 Å². The number of nitrogens with two attached hydrogens (primary N) is 1. The molecule has 3 N–H and O–H groups in total. The van der Waals surface area contributed by atoms with Crippen LogP contribution in [0.4, 0.5) is 11.4 Å². The number of anilines is 2. The van der Waals surface area contributed by atoms with Gasteiger partial charge < -0.3 is 15.8 Å². The Labute approximate surface area is 102 Å². The van der Waals surface area contributed by atoms with Crippen molar-refractivity contribution in [3.05, 3.63) is 29.5 Å². The van der Waals surface area contributed by atoms with E-state index in [2.05, 4.69) is 14.7 Å². The Morgan fingerprint density at radius 2 is 2.41 bits per heavy atom. The molecule has 2 heterocycles. The molecular formula is C10H10N4O2S. The third kappa shape index (κ3) is 2.34. The van der Waals surface area contributed by atoms with Crippen LogP contribution in [0.1, 0.15) is 10.5 Å². The SMILES string of the molecule is COc1c(Nc2cnsc2)ccnc1C(N)=O. The van der Waals surface area contributed by atoms with Gasteiger partial charge in [-0.2, -0.15) is 4.37 Å². The predicted octanol–water partition coefficient (Wildman–Crippen LogP) is 1.39. The summed E-state index contributed by atoms with van der Waals surface area (Å²) in [6.45, 7) is 0. The molecule has 2 rings (SSSR count). The number of rotatable bonds is 4. The Morgan fingerprint density at radius 3 is 3.00 bits per heavy atom. The summed E-state index contributed by atoms with van der Waals surface area (Å²) in [5.41, 5.74) is 6.75. The van der Waals surface area contributed by atoms with Crippen LogP contribution in [-0.4, -0.2) is 22.4 Å². The standard InChI is InChI=1S/C10H10N4O2S/c1-16-9-7(14-6-4-13-17-5-6)2-3-12-8(9)10(11)15/h2-5H,1H3,(H2,11,15)(H,12,14). The van der Waals surface area contributed by atoms with E-state index < -0.39 is 5.91 Å². The predicted molar refractivity (Wildman–Crippen MR) is 64.7 cm³/mol. The van der Waals surface area contributed by atoms with E-state index >= 15 is 0 Å². The zero-order valence-corrected chi connectivity index (χ0v) is 9.82. The molecular weight excluding hydrogens is 240 g/mol. The molecule has 2 aromatic rings. The molecule has 17 heavy (non-hydrogen) atoms. The van der Waals surface area contributed by atoms with Gasteiger partial charge in [0.05, 0.1) is 24.7 Å². The van der Waals surface area contributed by atoms with Gasteiger partial charge in [-0.25, -0.2) is 4.98 Å². The van der Waals surface area contributed by atoms with Crippen LogP contribution in [0.5, 0.6) is 5.75 Å². The molecule has 0 fully saturated rings. The van der Waals surface area contributed by atoms with Crippen molar-refractivity contribution in [1.29, 1.82) is 0 Å². The molecule has 2 aromatic heterocycles. The smallest absolute Gasteiger partial charge is 0.271 e. The lowest BCUT2D eigenvalue weighted by Crippen LogP contribution is -2.15. The third-order valence-corrected chi connectivity index (χ3v) is 2.64. The third-order valence-electron chi connectivity index (χ3n) is 2.05. The molecule has 0 saturated carbocycles. The first-order chi connectivity index (χ1) is 8.22. The van der Waals surface area contributed by atoms with Gasteiger partial charge in [0.25, 0.3) is 5.91 Å². The lowest BCUT2D eigenvalue weighted by Gasteiger charge is -2.11. The number of nitrogens with zero attached hydrogens (tertiary/aromatic N) is 2. The normalized spacial score (nSPS) is 9.94. The number of primary amides is 1. The number of hydrogen-bond acceptors (Lipinski definition) is 6. The fourth-order valence-electron chi connectivity index (χ4n) is 1.35. The number of carbonyl (C=O) groups is 1. The number of methoxy groups -OCH3 is 1. The molecule has 0 saturated heterocycles. The number of pyridine rings is 1. The first-order valence-electron chi connectivity index (χ1n) is 4.71. The van der Waals surface area contributed by atoms with Gasteiger partial charge in [0.2, 0.25) is 0 Å². The highest BCUT2D eigenvalue weighted by Gasteiger charge is 2.15. The van der Waals surface area contributed by atoms with Crippen molar-refractivity contribution >= 4 is 28.8 Å². The number of aromatic nitrogens is 2. The minimum atomic E-state index is -0.631. The van der Waals surface area contributed by atoms with E-state index in [0.717, 1.165) is 5.69 Å². The highest BCUT2D eigenvalue weighted by atomic mass is 32.1. The summed E-state index contributed by atoms with van der Waals surface area (Å²) < 4.78 is 9.11. The van der Waals surface area contributed by atoms with Crippen LogP contribution < -0.4 is 15.8 Å². The summed E-state index contributed by atoms with van der Waals surface area (Å²) >= 11 is 1.32. The average molecular weight is 250 g/mol. The quantitative estimate of drug-likeness (QED) is 0.855. The minimum absolute atomic E-state index is 0.0979. The van der Waals surface area contributed by atoms with Gasteiger partial charge >= 0.3 is 0 Å². The van der Waals surface area contributed by atoms with Crippen molar-refractivity contribution in [1.82, 2.24) is 9.36 Å². The highest BCUT2D eigenvalue weighted by Crippen LogP contribution is 2.29. The van der Waals surface area contributed by atoms with Gasteiger partial charge in [-0.3, -0.25) is 4.79 Å². The van der Waals surface area contributed by atoms with Crippen LogP contribution in [0.3, 0.4) is 0 Å². The molecule has 0 atom stereocenters. The molecule has 0 aromatic carbocycles. The Kier molecular flexibility index (Phi) is 3.20. The number of ether oxygens (including phenoxy) is 1. The average Bonchev–Trinajstić information content (AvgIpc) is 2.81. The summed E-state index contributed by atoms with van der Waals surface area (Å²) in [6.07, 6.45) is 3.17. The molecule has 6 nitrogen and oxygen atoms in total. The summed E-state index contributed by atoms with van der Waals surface area (Å²) in [6, 6.07) is 1.70. The van der Waals surface area contributed by atoms with Crippen molar-refractivity contribution in [2.45, 2.75) is 0 Å². The van der Waals surface area contributed by atoms with E-state index in [0.29, 0.717) is 11.4 Å². The molecule has 0 unspecified atom stereocenters. The zero-order valence-electron chi connectivity index (χ0n) is 9.01. The van der Waals surface area contributed by atoms with E-state index in [4.69, 9.17) is 10.5 Å². The van der Waals surface area contributed by atoms with Gasteiger partial charge in [-0.1, -0.05) is 0 Å².